The number of rotatable bonds is 6. The summed E-state index contributed by atoms with van der Waals surface area (Å²) < 4.78 is 0. The van der Waals surface area contributed by atoms with Crippen molar-refractivity contribution in [3.63, 3.8) is 0 Å². The lowest BCUT2D eigenvalue weighted by Crippen LogP contribution is -2.34. The lowest BCUT2D eigenvalue weighted by atomic mass is 10.1. The van der Waals surface area contributed by atoms with Crippen molar-refractivity contribution in [2.75, 3.05) is 11.9 Å². The van der Waals surface area contributed by atoms with E-state index in [9.17, 15) is 9.59 Å². The molecule has 0 aromatic heterocycles. The van der Waals surface area contributed by atoms with Gasteiger partial charge in [-0.15, -0.1) is 0 Å². The van der Waals surface area contributed by atoms with E-state index < -0.39 is 5.25 Å². The number of aliphatic imine (C=N–C) groups is 1. The minimum Gasteiger partial charge on any atom is -0.326 e. The number of nitrogens with one attached hydrogen (secondary N) is 1. The molecule has 152 valence electrons. The first-order chi connectivity index (χ1) is 13.9. The van der Waals surface area contributed by atoms with Crippen LogP contribution in [0.5, 0.6) is 0 Å². The van der Waals surface area contributed by atoms with E-state index in [2.05, 4.69) is 5.32 Å². The Labute approximate surface area is 176 Å². The molecular weight excluding hydrogens is 382 g/mol. The first-order valence-corrected chi connectivity index (χ1v) is 10.8. The van der Waals surface area contributed by atoms with Crippen molar-refractivity contribution in [1.82, 2.24) is 4.90 Å². The highest BCUT2D eigenvalue weighted by Crippen LogP contribution is 2.33. The Morgan fingerprint density at radius 1 is 1.14 bits per heavy atom. The van der Waals surface area contributed by atoms with Crippen molar-refractivity contribution >= 4 is 40.1 Å². The van der Waals surface area contributed by atoms with Crippen LogP contribution < -0.4 is 5.32 Å². The van der Waals surface area contributed by atoms with Gasteiger partial charge < -0.3 is 5.32 Å². The van der Waals surface area contributed by atoms with Gasteiger partial charge in [0.2, 0.25) is 11.8 Å². The Hall–Kier alpha value is -2.60. The van der Waals surface area contributed by atoms with Gasteiger partial charge in [0.25, 0.3) is 0 Å². The number of amides is 2. The fourth-order valence-corrected chi connectivity index (χ4v) is 4.36. The molecule has 29 heavy (non-hydrogen) atoms. The van der Waals surface area contributed by atoms with Crippen molar-refractivity contribution in [2.45, 2.75) is 45.8 Å². The molecule has 2 aromatic carbocycles. The van der Waals surface area contributed by atoms with E-state index in [1.54, 1.807) is 4.90 Å². The minimum atomic E-state index is -0.450. The summed E-state index contributed by atoms with van der Waals surface area (Å²) in [5.41, 5.74) is 4.79. The largest absolute Gasteiger partial charge is 0.326 e. The molecule has 1 aliphatic rings. The third-order valence-corrected chi connectivity index (χ3v) is 6.01. The van der Waals surface area contributed by atoms with E-state index in [4.69, 9.17) is 4.99 Å². The standard InChI is InChI=1S/C23H27N3O2S/c1-5-12-26-22(28)20(29-23(26)25-18-9-7-6-8-16(18)3)14-21(27)24-19-13-15(2)10-11-17(19)4/h6-11,13,20H,5,12,14H2,1-4H3,(H,24,27)/t20-/m1/s1. The summed E-state index contributed by atoms with van der Waals surface area (Å²) in [6, 6.07) is 13.8. The van der Waals surface area contributed by atoms with Crippen LogP contribution in [-0.4, -0.2) is 33.7 Å². The molecule has 0 spiro atoms. The molecule has 0 aliphatic carbocycles. The van der Waals surface area contributed by atoms with Gasteiger partial charge in [-0.2, -0.15) is 0 Å². The molecule has 0 saturated carbocycles. The number of aryl methyl sites for hydroxylation is 3. The van der Waals surface area contributed by atoms with Crippen LogP contribution in [0.25, 0.3) is 0 Å². The molecule has 1 atom stereocenters. The zero-order valence-corrected chi connectivity index (χ0v) is 18.2. The highest BCUT2D eigenvalue weighted by atomic mass is 32.2. The van der Waals surface area contributed by atoms with Gasteiger partial charge in [-0.3, -0.25) is 14.5 Å². The van der Waals surface area contributed by atoms with Crippen LogP contribution in [0, 0.1) is 20.8 Å². The quantitative estimate of drug-likeness (QED) is 0.732. The molecule has 0 unspecified atom stereocenters. The molecule has 2 amide bonds. The number of carbonyl (C=O) groups is 2. The number of hydrogen-bond donors (Lipinski definition) is 1. The molecule has 3 rings (SSSR count). The fraction of sp³-hybridized carbons (Fsp3) is 0.348. The van der Waals surface area contributed by atoms with Crippen molar-refractivity contribution in [1.29, 1.82) is 0 Å². The number of amidine groups is 1. The van der Waals surface area contributed by atoms with Gasteiger partial charge in [-0.05, 0) is 56.0 Å². The Balaban J connectivity index is 1.76. The average Bonchev–Trinajstić information content (AvgIpc) is 2.95. The van der Waals surface area contributed by atoms with E-state index >= 15 is 0 Å². The summed E-state index contributed by atoms with van der Waals surface area (Å²) in [7, 11) is 0. The minimum absolute atomic E-state index is 0.0414. The molecule has 1 aliphatic heterocycles. The number of thioether (sulfide) groups is 1. The van der Waals surface area contributed by atoms with Crippen LogP contribution in [0.1, 0.15) is 36.5 Å². The fourth-order valence-electron chi connectivity index (χ4n) is 3.19. The average molecular weight is 410 g/mol. The number of hydrogen-bond acceptors (Lipinski definition) is 4. The Morgan fingerprint density at radius 2 is 1.90 bits per heavy atom. The van der Waals surface area contributed by atoms with Gasteiger partial charge in [-0.1, -0.05) is 49.0 Å². The van der Waals surface area contributed by atoms with Crippen molar-refractivity contribution in [3.05, 3.63) is 59.2 Å². The van der Waals surface area contributed by atoms with Gasteiger partial charge in [0.1, 0.15) is 5.25 Å². The highest BCUT2D eigenvalue weighted by molar-refractivity contribution is 8.15. The van der Waals surface area contributed by atoms with E-state index in [-0.39, 0.29) is 18.2 Å². The normalized spacial score (nSPS) is 17.8. The van der Waals surface area contributed by atoms with Gasteiger partial charge in [-0.25, -0.2) is 4.99 Å². The highest BCUT2D eigenvalue weighted by Gasteiger charge is 2.38. The number of anilines is 1. The van der Waals surface area contributed by atoms with E-state index in [1.165, 1.54) is 11.8 Å². The molecule has 1 saturated heterocycles. The maximum absolute atomic E-state index is 12.9. The van der Waals surface area contributed by atoms with Crippen LogP contribution >= 0.6 is 11.8 Å². The molecule has 6 heteroatoms. The molecule has 5 nitrogen and oxygen atoms in total. The van der Waals surface area contributed by atoms with Crippen molar-refractivity contribution < 1.29 is 9.59 Å². The summed E-state index contributed by atoms with van der Waals surface area (Å²) in [6.45, 7) is 8.58. The lowest BCUT2D eigenvalue weighted by molar-refractivity contribution is -0.128. The molecule has 0 radical (unpaired) electrons. The van der Waals surface area contributed by atoms with Crippen LogP contribution in [-0.2, 0) is 9.59 Å². The van der Waals surface area contributed by atoms with E-state index in [0.29, 0.717) is 11.7 Å². The maximum atomic E-state index is 12.9. The summed E-state index contributed by atoms with van der Waals surface area (Å²) in [5, 5.41) is 3.18. The van der Waals surface area contributed by atoms with Gasteiger partial charge in [0, 0.05) is 18.7 Å². The predicted molar refractivity (Wildman–Crippen MR) is 121 cm³/mol. The lowest BCUT2D eigenvalue weighted by Gasteiger charge is -2.15. The second-order valence-corrected chi connectivity index (χ2v) is 8.52. The summed E-state index contributed by atoms with van der Waals surface area (Å²) in [6.07, 6.45) is 0.963. The Bertz CT molecular complexity index is 955. The van der Waals surface area contributed by atoms with Crippen LogP contribution in [0.15, 0.2) is 47.5 Å². The SMILES string of the molecule is CCCN1C(=O)[C@@H](CC(=O)Nc2cc(C)ccc2C)SC1=Nc1ccccc1C. The summed E-state index contributed by atoms with van der Waals surface area (Å²) >= 11 is 1.38. The Morgan fingerprint density at radius 3 is 2.62 bits per heavy atom. The number of benzene rings is 2. The molecule has 1 fully saturated rings. The van der Waals surface area contributed by atoms with E-state index in [1.807, 2.05) is 70.2 Å². The molecular formula is C23H27N3O2S. The summed E-state index contributed by atoms with van der Waals surface area (Å²) in [4.78, 5) is 32.0. The van der Waals surface area contributed by atoms with Crippen LogP contribution in [0.3, 0.4) is 0 Å². The van der Waals surface area contributed by atoms with Crippen molar-refractivity contribution in [3.8, 4) is 0 Å². The number of para-hydroxylation sites is 1. The van der Waals surface area contributed by atoms with Gasteiger partial charge in [0.15, 0.2) is 5.17 Å². The molecule has 0 bridgehead atoms. The molecule has 1 heterocycles. The zero-order chi connectivity index (χ0) is 21.0. The monoisotopic (exact) mass is 409 g/mol. The maximum Gasteiger partial charge on any atom is 0.242 e. The molecule has 2 aromatic rings. The third-order valence-electron chi connectivity index (χ3n) is 4.84. The van der Waals surface area contributed by atoms with Crippen molar-refractivity contribution in [2.24, 2.45) is 4.99 Å². The summed E-state index contributed by atoms with van der Waals surface area (Å²) in [5.74, 6) is -0.196. The first kappa shape index (κ1) is 21.1. The second-order valence-electron chi connectivity index (χ2n) is 7.35. The zero-order valence-electron chi connectivity index (χ0n) is 17.4. The van der Waals surface area contributed by atoms with Crippen LogP contribution in [0.2, 0.25) is 0 Å². The topological polar surface area (TPSA) is 61.8 Å². The predicted octanol–water partition coefficient (Wildman–Crippen LogP) is 4.98. The number of nitrogens with zero attached hydrogens (tertiary/aromatic N) is 2. The van der Waals surface area contributed by atoms with E-state index in [0.717, 1.165) is 34.5 Å². The smallest absolute Gasteiger partial charge is 0.242 e. The Kier molecular flexibility index (Phi) is 6.75. The number of carbonyl (C=O) groups excluding carboxylic acids is 2. The van der Waals surface area contributed by atoms with Crippen LogP contribution in [0.4, 0.5) is 11.4 Å². The first-order valence-electron chi connectivity index (χ1n) is 9.88. The van der Waals surface area contributed by atoms with Gasteiger partial charge in [0.05, 0.1) is 5.69 Å². The molecule has 1 N–H and O–H groups in total. The van der Waals surface area contributed by atoms with Gasteiger partial charge >= 0.3 is 0 Å². The second kappa shape index (κ2) is 9.27. The third kappa shape index (κ3) is 5.07.